The molecule has 4 heteroatoms. The van der Waals surface area contributed by atoms with E-state index in [1.165, 1.54) is 5.56 Å². The van der Waals surface area contributed by atoms with Crippen LogP contribution in [0, 0.1) is 5.92 Å². The van der Waals surface area contributed by atoms with E-state index in [-0.39, 0.29) is 0 Å². The highest BCUT2D eigenvalue weighted by molar-refractivity contribution is 7.89. The quantitative estimate of drug-likeness (QED) is 0.734. The average molecular weight is 297 g/mol. The van der Waals surface area contributed by atoms with E-state index < -0.39 is 10.0 Å². The van der Waals surface area contributed by atoms with Gasteiger partial charge in [0, 0.05) is 13.1 Å². The van der Waals surface area contributed by atoms with Crippen LogP contribution < -0.4 is 0 Å². The van der Waals surface area contributed by atoms with Crippen LogP contribution in [-0.2, 0) is 16.4 Å². The van der Waals surface area contributed by atoms with Gasteiger partial charge in [0.1, 0.15) is 0 Å². The maximum atomic E-state index is 12.6. The van der Waals surface area contributed by atoms with Crippen LogP contribution in [0.2, 0.25) is 0 Å². The summed E-state index contributed by atoms with van der Waals surface area (Å²) in [5.41, 5.74) is 1.19. The summed E-state index contributed by atoms with van der Waals surface area (Å²) in [7, 11) is -3.34. The third-order valence-electron chi connectivity index (χ3n) is 3.15. The summed E-state index contributed by atoms with van der Waals surface area (Å²) < 4.78 is 26.7. The van der Waals surface area contributed by atoms with Crippen LogP contribution in [0.25, 0.3) is 0 Å². The second-order valence-electron chi connectivity index (χ2n) is 5.65. The molecule has 1 rings (SSSR count). The molecular weight excluding hydrogens is 270 g/mol. The lowest BCUT2D eigenvalue weighted by Crippen LogP contribution is -2.32. The van der Waals surface area contributed by atoms with E-state index in [0.717, 1.165) is 19.3 Å². The molecular formula is C16H27NO2S. The summed E-state index contributed by atoms with van der Waals surface area (Å²) in [4.78, 5) is 0.409. The molecule has 3 nitrogen and oxygen atoms in total. The van der Waals surface area contributed by atoms with Gasteiger partial charge < -0.3 is 0 Å². The van der Waals surface area contributed by atoms with Crippen LogP contribution in [0.1, 0.15) is 46.1 Å². The Morgan fingerprint density at radius 2 is 1.50 bits per heavy atom. The van der Waals surface area contributed by atoms with Crippen molar-refractivity contribution < 1.29 is 8.42 Å². The van der Waals surface area contributed by atoms with Crippen LogP contribution >= 0.6 is 0 Å². The average Bonchev–Trinajstić information content (AvgIpc) is 2.38. The van der Waals surface area contributed by atoms with E-state index in [4.69, 9.17) is 0 Å². The van der Waals surface area contributed by atoms with E-state index in [1.807, 2.05) is 26.0 Å². The number of benzene rings is 1. The van der Waals surface area contributed by atoms with Gasteiger partial charge in [-0.15, -0.1) is 0 Å². The highest BCUT2D eigenvalue weighted by Gasteiger charge is 2.22. The molecule has 0 unspecified atom stereocenters. The fraction of sp³-hybridized carbons (Fsp3) is 0.625. The molecule has 20 heavy (non-hydrogen) atoms. The number of hydrogen-bond acceptors (Lipinski definition) is 2. The van der Waals surface area contributed by atoms with Crippen molar-refractivity contribution in [1.82, 2.24) is 4.31 Å². The van der Waals surface area contributed by atoms with Crippen molar-refractivity contribution in [3.05, 3.63) is 29.8 Å². The Hall–Kier alpha value is -0.870. The Morgan fingerprint density at radius 3 is 1.90 bits per heavy atom. The van der Waals surface area contributed by atoms with Gasteiger partial charge in [-0.2, -0.15) is 4.31 Å². The van der Waals surface area contributed by atoms with Crippen molar-refractivity contribution >= 4 is 10.0 Å². The first-order valence-electron chi connectivity index (χ1n) is 7.50. The van der Waals surface area contributed by atoms with Crippen LogP contribution in [0.15, 0.2) is 29.2 Å². The van der Waals surface area contributed by atoms with Gasteiger partial charge in [0.25, 0.3) is 0 Å². The minimum absolute atomic E-state index is 0.409. The lowest BCUT2D eigenvalue weighted by molar-refractivity contribution is 0.410. The molecule has 0 saturated carbocycles. The van der Waals surface area contributed by atoms with Gasteiger partial charge in [-0.25, -0.2) is 8.42 Å². The summed E-state index contributed by atoms with van der Waals surface area (Å²) in [6.07, 6.45) is 2.66. The van der Waals surface area contributed by atoms with Gasteiger partial charge in [0.15, 0.2) is 0 Å². The molecule has 0 fully saturated rings. The van der Waals surface area contributed by atoms with Gasteiger partial charge in [-0.1, -0.05) is 39.8 Å². The van der Waals surface area contributed by atoms with Gasteiger partial charge in [0.05, 0.1) is 4.90 Å². The molecule has 0 N–H and O–H groups in total. The van der Waals surface area contributed by atoms with Crippen molar-refractivity contribution in [3.8, 4) is 0 Å². The van der Waals surface area contributed by atoms with Gasteiger partial charge in [-0.05, 0) is 42.9 Å². The predicted octanol–water partition coefficient (Wildman–Crippen LogP) is 3.70. The first-order chi connectivity index (χ1) is 9.41. The number of nitrogens with zero attached hydrogens (tertiary/aromatic N) is 1. The summed E-state index contributed by atoms with van der Waals surface area (Å²) in [5, 5.41) is 0. The monoisotopic (exact) mass is 297 g/mol. The lowest BCUT2D eigenvalue weighted by atomic mass is 10.0. The van der Waals surface area contributed by atoms with Crippen LogP contribution in [0.4, 0.5) is 0 Å². The van der Waals surface area contributed by atoms with Crippen molar-refractivity contribution in [2.45, 2.75) is 51.9 Å². The molecule has 0 saturated heterocycles. The predicted molar refractivity (Wildman–Crippen MR) is 84.3 cm³/mol. The first kappa shape index (κ1) is 17.2. The Kier molecular flexibility index (Phi) is 6.69. The zero-order chi connectivity index (χ0) is 15.2. The summed E-state index contributed by atoms with van der Waals surface area (Å²) in [5.74, 6) is 0.578. The van der Waals surface area contributed by atoms with Gasteiger partial charge >= 0.3 is 0 Å². The number of rotatable bonds is 8. The Morgan fingerprint density at radius 1 is 1.00 bits per heavy atom. The summed E-state index contributed by atoms with van der Waals surface area (Å²) in [6.45, 7) is 9.51. The third-order valence-corrected chi connectivity index (χ3v) is 5.06. The van der Waals surface area contributed by atoms with Crippen molar-refractivity contribution in [1.29, 1.82) is 0 Å². The fourth-order valence-electron chi connectivity index (χ4n) is 2.27. The maximum absolute atomic E-state index is 12.6. The molecule has 0 aliphatic heterocycles. The van der Waals surface area contributed by atoms with Crippen molar-refractivity contribution in [2.24, 2.45) is 5.92 Å². The Bertz CT molecular complexity index is 486. The zero-order valence-corrected chi connectivity index (χ0v) is 13.9. The van der Waals surface area contributed by atoms with Crippen LogP contribution in [0.3, 0.4) is 0 Å². The molecule has 0 aliphatic rings. The molecule has 114 valence electrons. The molecule has 0 radical (unpaired) electrons. The molecule has 0 spiro atoms. The standard InChI is InChI=1S/C16H27NO2S/c1-5-11-17(12-6-2)20(18,19)16-9-7-15(8-10-16)13-14(3)4/h7-10,14H,5-6,11-13H2,1-4H3. The van der Waals surface area contributed by atoms with E-state index >= 15 is 0 Å². The zero-order valence-electron chi connectivity index (χ0n) is 13.1. The normalized spacial score (nSPS) is 12.3. The number of hydrogen-bond donors (Lipinski definition) is 0. The second-order valence-corrected chi connectivity index (χ2v) is 7.58. The highest BCUT2D eigenvalue weighted by atomic mass is 32.2. The first-order valence-corrected chi connectivity index (χ1v) is 8.94. The molecule has 0 aromatic heterocycles. The second kappa shape index (κ2) is 7.79. The molecule has 1 aromatic rings. The SMILES string of the molecule is CCCN(CCC)S(=O)(=O)c1ccc(CC(C)C)cc1. The summed E-state index contributed by atoms with van der Waals surface area (Å²) >= 11 is 0. The van der Waals surface area contributed by atoms with Crippen LogP contribution in [-0.4, -0.2) is 25.8 Å². The largest absolute Gasteiger partial charge is 0.243 e. The lowest BCUT2D eigenvalue weighted by Gasteiger charge is -2.21. The van der Waals surface area contributed by atoms with Crippen molar-refractivity contribution in [2.75, 3.05) is 13.1 Å². The minimum atomic E-state index is -3.34. The molecule has 0 atom stereocenters. The molecule has 0 aliphatic carbocycles. The van der Waals surface area contributed by atoms with Crippen molar-refractivity contribution in [3.63, 3.8) is 0 Å². The maximum Gasteiger partial charge on any atom is 0.243 e. The van der Waals surface area contributed by atoms with Crippen LogP contribution in [0.5, 0.6) is 0 Å². The summed E-state index contributed by atoms with van der Waals surface area (Å²) in [6, 6.07) is 7.35. The highest BCUT2D eigenvalue weighted by Crippen LogP contribution is 2.18. The van der Waals surface area contributed by atoms with Gasteiger partial charge in [-0.3, -0.25) is 0 Å². The Labute approximate surface area is 124 Å². The minimum Gasteiger partial charge on any atom is -0.207 e. The Balaban J connectivity index is 2.96. The van der Waals surface area contributed by atoms with E-state index in [9.17, 15) is 8.42 Å². The fourth-order valence-corrected chi connectivity index (χ4v) is 3.89. The van der Waals surface area contributed by atoms with Gasteiger partial charge in [0.2, 0.25) is 10.0 Å². The molecule has 0 amide bonds. The van der Waals surface area contributed by atoms with E-state index in [1.54, 1.807) is 16.4 Å². The van der Waals surface area contributed by atoms with E-state index in [0.29, 0.717) is 23.9 Å². The third kappa shape index (κ3) is 4.60. The smallest absolute Gasteiger partial charge is 0.207 e. The molecule has 1 aromatic carbocycles. The molecule has 0 bridgehead atoms. The number of sulfonamides is 1. The topological polar surface area (TPSA) is 37.4 Å². The van der Waals surface area contributed by atoms with E-state index in [2.05, 4.69) is 13.8 Å². The molecule has 0 heterocycles.